The second kappa shape index (κ2) is 5.48. The molecule has 4 rings (SSSR count). The van der Waals surface area contributed by atoms with Crippen LogP contribution >= 0.6 is 0 Å². The fraction of sp³-hybridized carbons (Fsp3) is 0.421. The molecular weight excluding hydrogens is 300 g/mol. The topological polar surface area (TPSA) is 70.7 Å². The van der Waals surface area contributed by atoms with Crippen LogP contribution in [-0.4, -0.2) is 15.7 Å². The van der Waals surface area contributed by atoms with Gasteiger partial charge in [0.05, 0.1) is 17.8 Å². The molecule has 2 saturated carbocycles. The number of hydrogen-bond donors (Lipinski definition) is 1. The Kier molecular flexibility index (Phi) is 3.42. The van der Waals surface area contributed by atoms with Crippen molar-refractivity contribution in [3.8, 4) is 6.07 Å². The van der Waals surface area contributed by atoms with E-state index in [0.717, 1.165) is 48.9 Å². The van der Waals surface area contributed by atoms with Gasteiger partial charge in [0.1, 0.15) is 5.54 Å². The number of nitrogens with one attached hydrogen (secondary N) is 1. The van der Waals surface area contributed by atoms with Crippen LogP contribution in [-0.2, 0) is 10.3 Å². The molecule has 1 heterocycles. The SMILES string of the molecule is Cc1cnn(C2(C(=O)Nc3ccc(C#N)cc3C3CC3)CCC2)c1. The maximum absolute atomic E-state index is 13.0. The van der Waals surface area contributed by atoms with Crippen molar-refractivity contribution < 1.29 is 4.79 Å². The number of rotatable bonds is 4. The molecular formula is C19H20N4O. The zero-order valence-electron chi connectivity index (χ0n) is 13.7. The fourth-order valence-corrected chi connectivity index (χ4v) is 3.44. The van der Waals surface area contributed by atoms with Crippen LogP contribution in [0, 0.1) is 18.3 Å². The third-order valence-electron chi connectivity index (χ3n) is 5.20. The van der Waals surface area contributed by atoms with Crippen LogP contribution in [0.25, 0.3) is 0 Å². The summed E-state index contributed by atoms with van der Waals surface area (Å²) in [6.07, 6.45) is 8.66. The van der Waals surface area contributed by atoms with Gasteiger partial charge in [0.15, 0.2) is 0 Å². The number of hydrogen-bond acceptors (Lipinski definition) is 3. The normalized spacial score (nSPS) is 18.5. The Morgan fingerprint density at radius 1 is 1.42 bits per heavy atom. The zero-order chi connectivity index (χ0) is 16.7. The number of aryl methyl sites for hydroxylation is 1. The van der Waals surface area contributed by atoms with Gasteiger partial charge in [-0.1, -0.05) is 0 Å². The van der Waals surface area contributed by atoms with Crippen LogP contribution in [0.5, 0.6) is 0 Å². The molecule has 122 valence electrons. The van der Waals surface area contributed by atoms with Crippen molar-refractivity contribution in [3.05, 3.63) is 47.3 Å². The molecule has 0 unspecified atom stereocenters. The summed E-state index contributed by atoms with van der Waals surface area (Å²) in [5.41, 5.74) is 3.08. The lowest BCUT2D eigenvalue weighted by Crippen LogP contribution is -2.51. The Morgan fingerprint density at radius 3 is 2.75 bits per heavy atom. The summed E-state index contributed by atoms with van der Waals surface area (Å²) >= 11 is 0. The lowest BCUT2D eigenvalue weighted by Gasteiger charge is -2.40. The lowest BCUT2D eigenvalue weighted by molar-refractivity contribution is -0.129. The number of carbonyl (C=O) groups excluding carboxylic acids is 1. The molecule has 0 radical (unpaired) electrons. The standard InChI is InChI=1S/C19H20N4O/c1-13-11-21-23(12-13)19(7-2-8-19)18(24)22-17-6-3-14(10-20)9-16(17)15-4-5-15/h3,6,9,11-12,15H,2,4-5,7-8H2,1H3,(H,22,24). The molecule has 0 atom stereocenters. The molecule has 5 nitrogen and oxygen atoms in total. The Balaban J connectivity index is 1.63. The van der Waals surface area contributed by atoms with Gasteiger partial charge in [-0.2, -0.15) is 10.4 Å². The molecule has 0 bridgehead atoms. The van der Waals surface area contributed by atoms with E-state index in [1.807, 2.05) is 29.9 Å². The maximum Gasteiger partial charge on any atom is 0.252 e. The first kappa shape index (κ1) is 14.9. The Bertz CT molecular complexity index is 837. The quantitative estimate of drug-likeness (QED) is 0.938. The van der Waals surface area contributed by atoms with E-state index in [4.69, 9.17) is 5.26 Å². The Hall–Kier alpha value is -2.61. The molecule has 5 heteroatoms. The highest BCUT2D eigenvalue weighted by atomic mass is 16.2. The van der Waals surface area contributed by atoms with Gasteiger partial charge < -0.3 is 5.32 Å². The molecule has 0 spiro atoms. The molecule has 2 aliphatic carbocycles. The zero-order valence-corrected chi connectivity index (χ0v) is 13.7. The van der Waals surface area contributed by atoms with Crippen molar-refractivity contribution in [2.24, 2.45) is 0 Å². The van der Waals surface area contributed by atoms with Gasteiger partial charge >= 0.3 is 0 Å². The molecule has 1 amide bonds. The second-order valence-electron chi connectivity index (χ2n) is 6.99. The molecule has 0 saturated heterocycles. The van der Waals surface area contributed by atoms with E-state index in [1.54, 1.807) is 12.3 Å². The summed E-state index contributed by atoms with van der Waals surface area (Å²) in [4.78, 5) is 13.0. The third-order valence-corrected chi connectivity index (χ3v) is 5.20. The first-order chi connectivity index (χ1) is 11.6. The predicted octanol–water partition coefficient (Wildman–Crippen LogP) is 3.46. The highest BCUT2D eigenvalue weighted by Crippen LogP contribution is 2.45. The average Bonchev–Trinajstić information content (AvgIpc) is 3.29. The number of benzene rings is 1. The minimum atomic E-state index is -0.566. The van der Waals surface area contributed by atoms with Gasteiger partial charge in [0.25, 0.3) is 5.91 Å². The van der Waals surface area contributed by atoms with Crippen LogP contribution in [0.2, 0.25) is 0 Å². The summed E-state index contributed by atoms with van der Waals surface area (Å²) in [5, 5.41) is 16.6. The van der Waals surface area contributed by atoms with Crippen LogP contribution in [0.4, 0.5) is 5.69 Å². The first-order valence-corrected chi connectivity index (χ1v) is 8.50. The number of nitrogens with zero attached hydrogens (tertiary/aromatic N) is 3. The summed E-state index contributed by atoms with van der Waals surface area (Å²) in [7, 11) is 0. The molecule has 1 N–H and O–H groups in total. The minimum Gasteiger partial charge on any atom is -0.324 e. The van der Waals surface area contributed by atoms with Crippen LogP contribution < -0.4 is 5.32 Å². The minimum absolute atomic E-state index is 0.00320. The van der Waals surface area contributed by atoms with Crippen molar-refractivity contribution in [3.63, 3.8) is 0 Å². The largest absolute Gasteiger partial charge is 0.324 e. The Morgan fingerprint density at radius 2 is 2.21 bits per heavy atom. The van der Waals surface area contributed by atoms with Gasteiger partial charge in [0, 0.05) is 11.9 Å². The molecule has 2 aromatic rings. The van der Waals surface area contributed by atoms with Crippen LogP contribution in [0.1, 0.15) is 54.7 Å². The van der Waals surface area contributed by atoms with E-state index in [0.29, 0.717) is 11.5 Å². The third kappa shape index (κ3) is 2.39. The molecule has 1 aromatic heterocycles. The molecule has 2 aliphatic rings. The molecule has 24 heavy (non-hydrogen) atoms. The van der Waals surface area contributed by atoms with E-state index < -0.39 is 5.54 Å². The average molecular weight is 320 g/mol. The van der Waals surface area contributed by atoms with Gasteiger partial charge in [-0.15, -0.1) is 0 Å². The highest BCUT2D eigenvalue weighted by Gasteiger charge is 2.47. The van der Waals surface area contributed by atoms with Crippen molar-refractivity contribution in [2.75, 3.05) is 5.32 Å². The maximum atomic E-state index is 13.0. The Labute approximate surface area is 141 Å². The number of anilines is 1. The van der Waals surface area contributed by atoms with Crippen molar-refractivity contribution in [1.82, 2.24) is 9.78 Å². The van der Waals surface area contributed by atoms with E-state index >= 15 is 0 Å². The van der Waals surface area contributed by atoms with Gasteiger partial charge in [-0.05, 0) is 74.3 Å². The summed E-state index contributed by atoms with van der Waals surface area (Å²) in [5.74, 6) is 0.473. The van der Waals surface area contributed by atoms with Gasteiger partial charge in [0.2, 0.25) is 0 Å². The van der Waals surface area contributed by atoms with Gasteiger partial charge in [-0.25, -0.2) is 0 Å². The molecule has 0 aliphatic heterocycles. The van der Waals surface area contributed by atoms with Crippen LogP contribution in [0.3, 0.4) is 0 Å². The first-order valence-electron chi connectivity index (χ1n) is 8.50. The van der Waals surface area contributed by atoms with E-state index in [9.17, 15) is 4.79 Å². The van der Waals surface area contributed by atoms with Crippen molar-refractivity contribution in [2.45, 2.75) is 50.5 Å². The number of carbonyl (C=O) groups is 1. The van der Waals surface area contributed by atoms with Crippen molar-refractivity contribution in [1.29, 1.82) is 5.26 Å². The second-order valence-corrected chi connectivity index (χ2v) is 6.99. The monoisotopic (exact) mass is 320 g/mol. The highest BCUT2D eigenvalue weighted by molar-refractivity contribution is 5.98. The van der Waals surface area contributed by atoms with E-state index in [2.05, 4.69) is 16.5 Å². The van der Waals surface area contributed by atoms with E-state index in [1.165, 1.54) is 0 Å². The molecule has 1 aromatic carbocycles. The fourth-order valence-electron chi connectivity index (χ4n) is 3.44. The van der Waals surface area contributed by atoms with Crippen LogP contribution in [0.15, 0.2) is 30.6 Å². The smallest absolute Gasteiger partial charge is 0.252 e. The number of amides is 1. The predicted molar refractivity (Wildman–Crippen MR) is 90.6 cm³/mol. The van der Waals surface area contributed by atoms with E-state index in [-0.39, 0.29) is 5.91 Å². The molecule has 2 fully saturated rings. The summed E-state index contributed by atoms with van der Waals surface area (Å²) in [6, 6.07) is 7.74. The summed E-state index contributed by atoms with van der Waals surface area (Å²) in [6.45, 7) is 1.99. The van der Waals surface area contributed by atoms with Crippen molar-refractivity contribution >= 4 is 11.6 Å². The summed E-state index contributed by atoms with van der Waals surface area (Å²) < 4.78 is 1.82. The lowest BCUT2D eigenvalue weighted by atomic mass is 9.76. The number of aromatic nitrogens is 2. The number of nitriles is 1. The van der Waals surface area contributed by atoms with Gasteiger partial charge in [-0.3, -0.25) is 9.48 Å².